The number of hydrogen-bond donors (Lipinski definition) is 0. The van der Waals surface area contributed by atoms with E-state index in [0.717, 1.165) is 19.3 Å². The van der Waals surface area contributed by atoms with Crippen molar-refractivity contribution in [3.8, 4) is 0 Å². The molecule has 0 aliphatic carbocycles. The molecule has 0 rings (SSSR count). The minimum absolute atomic E-state index is 0.0819. The summed E-state index contributed by atoms with van der Waals surface area (Å²) >= 11 is 0. The molecule has 0 aromatic carbocycles. The molecule has 3 nitrogen and oxygen atoms in total. The Kier molecular flexibility index (Phi) is 12.6. The minimum atomic E-state index is 0.0819. The van der Waals surface area contributed by atoms with Crippen LogP contribution in [-0.4, -0.2) is 30.2 Å². The van der Waals surface area contributed by atoms with Gasteiger partial charge in [-0.15, -0.1) is 0 Å². The van der Waals surface area contributed by atoms with E-state index in [1.54, 1.807) is 11.8 Å². The standard InChI is InChI=1S/C8H15NO2.C2H6/c1-3-9(8(2)11)6-4-5-7-10;1-2/h7H,3-6H2,1-2H3;1-2H3. The molecule has 1 amide bonds. The molecule has 0 radical (unpaired) electrons. The summed E-state index contributed by atoms with van der Waals surface area (Å²) in [6.45, 7) is 8.91. The molecule has 0 spiro atoms. The van der Waals surface area contributed by atoms with Crippen molar-refractivity contribution < 1.29 is 9.59 Å². The number of aldehydes is 1. The Morgan fingerprint density at radius 2 is 1.92 bits per heavy atom. The molecule has 0 fully saturated rings. The molecule has 0 unspecified atom stereocenters. The van der Waals surface area contributed by atoms with Crippen LogP contribution in [0.15, 0.2) is 0 Å². The number of carbonyl (C=O) groups is 2. The average Bonchev–Trinajstić information content (AvgIpc) is 2.15. The molecule has 0 N–H and O–H groups in total. The zero-order valence-corrected chi connectivity index (χ0v) is 9.17. The number of unbranched alkanes of at least 4 members (excludes halogenated alkanes) is 1. The van der Waals surface area contributed by atoms with Crippen LogP contribution in [-0.2, 0) is 9.59 Å². The van der Waals surface area contributed by atoms with Crippen LogP contribution in [0.5, 0.6) is 0 Å². The molecule has 0 aromatic rings. The predicted molar refractivity (Wildman–Crippen MR) is 54.6 cm³/mol. The van der Waals surface area contributed by atoms with E-state index in [1.165, 1.54) is 0 Å². The maximum atomic E-state index is 10.8. The summed E-state index contributed by atoms with van der Waals surface area (Å²) < 4.78 is 0. The lowest BCUT2D eigenvalue weighted by molar-refractivity contribution is -0.128. The molecule has 0 aliphatic rings. The molecule has 0 heterocycles. The molecule has 0 aromatic heterocycles. The van der Waals surface area contributed by atoms with Gasteiger partial charge in [0, 0.05) is 26.4 Å². The highest BCUT2D eigenvalue weighted by atomic mass is 16.2. The van der Waals surface area contributed by atoms with Crippen LogP contribution in [0.4, 0.5) is 0 Å². The lowest BCUT2D eigenvalue weighted by Gasteiger charge is -2.17. The van der Waals surface area contributed by atoms with Crippen molar-refractivity contribution in [2.75, 3.05) is 13.1 Å². The van der Waals surface area contributed by atoms with Crippen molar-refractivity contribution in [2.24, 2.45) is 0 Å². The number of rotatable bonds is 5. The molecule has 0 saturated carbocycles. The third kappa shape index (κ3) is 9.05. The zero-order chi connectivity index (χ0) is 10.7. The second-order valence-electron chi connectivity index (χ2n) is 2.41. The smallest absolute Gasteiger partial charge is 0.219 e. The first kappa shape index (κ1) is 14.7. The van der Waals surface area contributed by atoms with Crippen LogP contribution in [0.25, 0.3) is 0 Å². The summed E-state index contributed by atoms with van der Waals surface area (Å²) in [5.41, 5.74) is 0. The van der Waals surface area contributed by atoms with Gasteiger partial charge in [0.2, 0.25) is 5.91 Å². The highest BCUT2D eigenvalue weighted by Crippen LogP contribution is 1.93. The molecule has 0 aliphatic heterocycles. The van der Waals surface area contributed by atoms with Crippen molar-refractivity contribution in [1.29, 1.82) is 0 Å². The quantitative estimate of drug-likeness (QED) is 0.486. The van der Waals surface area contributed by atoms with E-state index in [-0.39, 0.29) is 5.91 Å². The first-order valence-electron chi connectivity index (χ1n) is 4.91. The Balaban J connectivity index is 0. The van der Waals surface area contributed by atoms with Crippen molar-refractivity contribution in [2.45, 2.75) is 40.5 Å². The third-order valence-corrected chi connectivity index (χ3v) is 1.58. The van der Waals surface area contributed by atoms with Gasteiger partial charge in [-0.25, -0.2) is 0 Å². The second-order valence-corrected chi connectivity index (χ2v) is 2.41. The summed E-state index contributed by atoms with van der Waals surface area (Å²) in [5.74, 6) is 0.0819. The fourth-order valence-corrected chi connectivity index (χ4v) is 0.904. The maximum absolute atomic E-state index is 10.8. The highest BCUT2D eigenvalue weighted by molar-refractivity contribution is 5.73. The van der Waals surface area contributed by atoms with E-state index < -0.39 is 0 Å². The summed E-state index contributed by atoms with van der Waals surface area (Å²) in [7, 11) is 0. The van der Waals surface area contributed by atoms with Gasteiger partial charge in [0.15, 0.2) is 0 Å². The molecular formula is C10H21NO2. The second kappa shape index (κ2) is 11.1. The monoisotopic (exact) mass is 187 g/mol. The van der Waals surface area contributed by atoms with Crippen molar-refractivity contribution in [3.63, 3.8) is 0 Å². The predicted octanol–water partition coefficient (Wildman–Crippen LogP) is 1.86. The first-order chi connectivity index (χ1) is 6.22. The van der Waals surface area contributed by atoms with E-state index in [1.807, 2.05) is 20.8 Å². The van der Waals surface area contributed by atoms with Gasteiger partial charge in [-0.3, -0.25) is 4.79 Å². The topological polar surface area (TPSA) is 37.4 Å². The van der Waals surface area contributed by atoms with E-state index in [9.17, 15) is 9.59 Å². The van der Waals surface area contributed by atoms with Gasteiger partial charge in [-0.2, -0.15) is 0 Å². The molecule has 13 heavy (non-hydrogen) atoms. The summed E-state index contributed by atoms with van der Waals surface area (Å²) in [5, 5.41) is 0. The van der Waals surface area contributed by atoms with Gasteiger partial charge in [0.25, 0.3) is 0 Å². The Morgan fingerprint density at radius 1 is 1.38 bits per heavy atom. The molecule has 78 valence electrons. The highest BCUT2D eigenvalue weighted by Gasteiger charge is 2.03. The molecule has 0 atom stereocenters. The average molecular weight is 187 g/mol. The van der Waals surface area contributed by atoms with Crippen LogP contribution in [0.1, 0.15) is 40.5 Å². The first-order valence-corrected chi connectivity index (χ1v) is 4.91. The molecule has 3 heteroatoms. The van der Waals surface area contributed by atoms with Crippen LogP contribution in [0.3, 0.4) is 0 Å². The minimum Gasteiger partial charge on any atom is -0.343 e. The summed E-state index contributed by atoms with van der Waals surface area (Å²) in [6, 6.07) is 0. The lowest BCUT2D eigenvalue weighted by Crippen LogP contribution is -2.29. The SMILES string of the molecule is CC.CCN(CCCC=O)C(C)=O. The zero-order valence-electron chi connectivity index (χ0n) is 9.17. The Hall–Kier alpha value is -0.860. The number of nitrogens with zero attached hydrogens (tertiary/aromatic N) is 1. The molecular weight excluding hydrogens is 166 g/mol. The third-order valence-electron chi connectivity index (χ3n) is 1.58. The van der Waals surface area contributed by atoms with Crippen LogP contribution < -0.4 is 0 Å². The van der Waals surface area contributed by atoms with Crippen molar-refractivity contribution >= 4 is 12.2 Å². The Bertz CT molecular complexity index is 135. The molecule has 0 saturated heterocycles. The van der Waals surface area contributed by atoms with Gasteiger partial charge in [-0.1, -0.05) is 13.8 Å². The van der Waals surface area contributed by atoms with E-state index in [0.29, 0.717) is 13.0 Å². The number of carbonyl (C=O) groups excluding carboxylic acids is 2. The fraction of sp³-hybridized carbons (Fsp3) is 0.800. The van der Waals surface area contributed by atoms with Crippen molar-refractivity contribution in [3.05, 3.63) is 0 Å². The summed E-state index contributed by atoms with van der Waals surface area (Å²) in [6.07, 6.45) is 2.20. The number of hydrogen-bond acceptors (Lipinski definition) is 2. The van der Waals surface area contributed by atoms with Gasteiger partial charge in [-0.05, 0) is 13.3 Å². The van der Waals surface area contributed by atoms with Gasteiger partial charge < -0.3 is 9.69 Å². The van der Waals surface area contributed by atoms with Crippen LogP contribution in [0, 0.1) is 0 Å². The van der Waals surface area contributed by atoms with Crippen LogP contribution in [0.2, 0.25) is 0 Å². The van der Waals surface area contributed by atoms with Crippen LogP contribution >= 0.6 is 0 Å². The van der Waals surface area contributed by atoms with E-state index in [2.05, 4.69) is 0 Å². The van der Waals surface area contributed by atoms with Gasteiger partial charge in [0.1, 0.15) is 6.29 Å². The Morgan fingerprint density at radius 3 is 2.23 bits per heavy atom. The van der Waals surface area contributed by atoms with E-state index in [4.69, 9.17) is 0 Å². The van der Waals surface area contributed by atoms with Gasteiger partial charge >= 0.3 is 0 Å². The summed E-state index contributed by atoms with van der Waals surface area (Å²) in [4.78, 5) is 22.5. The number of amides is 1. The van der Waals surface area contributed by atoms with Crippen molar-refractivity contribution in [1.82, 2.24) is 4.90 Å². The van der Waals surface area contributed by atoms with E-state index >= 15 is 0 Å². The fourth-order valence-electron chi connectivity index (χ4n) is 0.904. The Labute approximate surface area is 81.1 Å². The van der Waals surface area contributed by atoms with Gasteiger partial charge in [0.05, 0.1) is 0 Å². The maximum Gasteiger partial charge on any atom is 0.219 e. The molecule has 0 bridgehead atoms. The normalized spacial score (nSPS) is 8.31. The lowest BCUT2D eigenvalue weighted by atomic mass is 10.3. The largest absolute Gasteiger partial charge is 0.343 e.